The summed E-state index contributed by atoms with van der Waals surface area (Å²) >= 11 is 0. The second-order valence-electron chi connectivity index (χ2n) is 7.48. The lowest BCUT2D eigenvalue weighted by atomic mass is 9.86. The van der Waals surface area contributed by atoms with Gasteiger partial charge in [-0.05, 0) is 50.7 Å². The Morgan fingerprint density at radius 1 is 1.12 bits per heavy atom. The van der Waals surface area contributed by atoms with E-state index < -0.39 is 0 Å². The van der Waals surface area contributed by atoms with Gasteiger partial charge in [-0.2, -0.15) is 0 Å². The number of carbonyl (C=O) groups is 1. The molecule has 4 nitrogen and oxygen atoms in total. The summed E-state index contributed by atoms with van der Waals surface area (Å²) in [4.78, 5) is 14.8. The quantitative estimate of drug-likeness (QED) is 0.872. The Labute approximate surface area is 146 Å². The smallest absolute Gasteiger partial charge is 0.279 e. The fourth-order valence-electron chi connectivity index (χ4n) is 4.14. The van der Waals surface area contributed by atoms with E-state index in [0.717, 1.165) is 24.7 Å². The van der Waals surface area contributed by atoms with Crippen LogP contribution in [0.25, 0.3) is 0 Å². The number of nitrogens with one attached hydrogen (secondary N) is 1. The van der Waals surface area contributed by atoms with Crippen LogP contribution in [0.2, 0.25) is 0 Å². The summed E-state index contributed by atoms with van der Waals surface area (Å²) in [5.41, 5.74) is 2.14. The van der Waals surface area contributed by atoms with E-state index in [2.05, 4.69) is 34.6 Å². The lowest BCUT2D eigenvalue weighted by Gasteiger charge is -2.30. The van der Waals surface area contributed by atoms with Crippen molar-refractivity contribution in [3.63, 3.8) is 0 Å². The van der Waals surface area contributed by atoms with Crippen molar-refractivity contribution in [1.29, 1.82) is 0 Å². The minimum Gasteiger partial charge on any atom is -0.370 e. The Kier molecular flexibility index (Phi) is 6.13. The van der Waals surface area contributed by atoms with Crippen LogP contribution in [0.4, 0.5) is 11.4 Å². The highest BCUT2D eigenvalue weighted by Crippen LogP contribution is 2.28. The fourth-order valence-corrected chi connectivity index (χ4v) is 4.14. The first-order valence-corrected chi connectivity index (χ1v) is 9.71. The van der Waals surface area contributed by atoms with Crippen LogP contribution in [0, 0.1) is 5.92 Å². The standard InChI is InChI=1S/C20H31N3O/c1-16-9-3-4-10-17(16)21-15-20(24)22-18-11-5-6-12-19(18)23-13-7-2-8-14-23/h5-6,11-12,16-17,21H,2-4,7-10,13-15H2,1H3,(H,22,24)/p+1/t16-,17-/m1/s1. The van der Waals surface area contributed by atoms with Crippen LogP contribution < -0.4 is 15.5 Å². The van der Waals surface area contributed by atoms with E-state index in [1.54, 1.807) is 0 Å². The molecule has 1 amide bonds. The molecule has 4 heteroatoms. The molecule has 1 saturated heterocycles. The summed E-state index contributed by atoms with van der Waals surface area (Å²) in [5.74, 6) is 0.851. The van der Waals surface area contributed by atoms with Gasteiger partial charge in [0.15, 0.2) is 6.54 Å². The number of hydrogen-bond donors (Lipinski definition) is 2. The van der Waals surface area contributed by atoms with Gasteiger partial charge in [0.05, 0.1) is 17.4 Å². The largest absolute Gasteiger partial charge is 0.370 e. The molecule has 1 aromatic rings. The lowest BCUT2D eigenvalue weighted by molar-refractivity contribution is -0.687. The third-order valence-electron chi connectivity index (χ3n) is 5.66. The predicted molar refractivity (Wildman–Crippen MR) is 99.3 cm³/mol. The maximum atomic E-state index is 12.4. The summed E-state index contributed by atoms with van der Waals surface area (Å²) in [6.45, 7) is 5.05. The molecule has 0 aromatic heterocycles. The zero-order chi connectivity index (χ0) is 16.8. The zero-order valence-electron chi connectivity index (χ0n) is 15.0. The Morgan fingerprint density at radius 3 is 2.67 bits per heavy atom. The van der Waals surface area contributed by atoms with Crippen molar-refractivity contribution >= 4 is 17.3 Å². The summed E-state index contributed by atoms with van der Waals surface area (Å²) in [7, 11) is 0. The van der Waals surface area contributed by atoms with Gasteiger partial charge in [-0.25, -0.2) is 0 Å². The number of quaternary nitrogens is 1. The molecule has 3 rings (SSSR count). The van der Waals surface area contributed by atoms with Crippen LogP contribution in [0.3, 0.4) is 0 Å². The Bertz CT molecular complexity index is 539. The van der Waals surface area contributed by atoms with Crippen LogP contribution in [-0.2, 0) is 4.79 Å². The molecule has 132 valence electrons. The summed E-state index contributed by atoms with van der Waals surface area (Å²) < 4.78 is 0. The maximum Gasteiger partial charge on any atom is 0.279 e. The first-order valence-electron chi connectivity index (χ1n) is 9.71. The lowest BCUT2D eigenvalue weighted by Crippen LogP contribution is -2.93. The van der Waals surface area contributed by atoms with Crippen molar-refractivity contribution in [2.45, 2.75) is 57.9 Å². The van der Waals surface area contributed by atoms with E-state index in [4.69, 9.17) is 0 Å². The van der Waals surface area contributed by atoms with Gasteiger partial charge in [-0.1, -0.05) is 25.5 Å². The van der Waals surface area contributed by atoms with E-state index in [-0.39, 0.29) is 5.91 Å². The van der Waals surface area contributed by atoms with E-state index in [1.165, 1.54) is 50.6 Å². The van der Waals surface area contributed by atoms with Crippen molar-refractivity contribution in [2.24, 2.45) is 5.92 Å². The number of rotatable bonds is 5. The highest BCUT2D eigenvalue weighted by Gasteiger charge is 2.25. The predicted octanol–water partition coefficient (Wildman–Crippen LogP) is 2.76. The van der Waals surface area contributed by atoms with Crippen LogP contribution in [0.5, 0.6) is 0 Å². The molecule has 3 N–H and O–H groups in total. The van der Waals surface area contributed by atoms with Crippen LogP contribution in [0.1, 0.15) is 51.9 Å². The average Bonchev–Trinajstić information content (AvgIpc) is 2.62. The molecule has 2 aliphatic rings. The average molecular weight is 330 g/mol. The monoisotopic (exact) mass is 330 g/mol. The number of nitrogens with two attached hydrogens (primary N) is 1. The van der Waals surface area contributed by atoms with Crippen LogP contribution >= 0.6 is 0 Å². The molecule has 2 fully saturated rings. The molecule has 1 saturated carbocycles. The molecule has 0 bridgehead atoms. The number of anilines is 2. The number of amides is 1. The topological polar surface area (TPSA) is 49.0 Å². The van der Waals surface area contributed by atoms with Crippen molar-refractivity contribution in [1.82, 2.24) is 0 Å². The maximum absolute atomic E-state index is 12.4. The Morgan fingerprint density at radius 2 is 1.88 bits per heavy atom. The highest BCUT2D eigenvalue weighted by molar-refractivity contribution is 5.94. The molecule has 1 aromatic carbocycles. The van der Waals surface area contributed by atoms with E-state index >= 15 is 0 Å². The summed E-state index contributed by atoms with van der Waals surface area (Å²) in [6.07, 6.45) is 9.02. The second kappa shape index (κ2) is 8.52. The van der Waals surface area contributed by atoms with Gasteiger partial charge in [0, 0.05) is 19.0 Å². The molecular weight excluding hydrogens is 298 g/mol. The van der Waals surface area contributed by atoms with Crippen molar-refractivity contribution in [2.75, 3.05) is 29.9 Å². The molecule has 0 radical (unpaired) electrons. The fraction of sp³-hybridized carbons (Fsp3) is 0.650. The number of benzene rings is 1. The summed E-state index contributed by atoms with van der Waals surface area (Å²) in [6, 6.07) is 8.85. The van der Waals surface area contributed by atoms with Crippen LogP contribution in [0.15, 0.2) is 24.3 Å². The minimum atomic E-state index is 0.122. The highest BCUT2D eigenvalue weighted by atomic mass is 16.1. The third kappa shape index (κ3) is 4.50. The number of nitrogens with zero attached hydrogens (tertiary/aromatic N) is 1. The molecule has 0 unspecified atom stereocenters. The molecule has 0 spiro atoms. The van der Waals surface area contributed by atoms with Gasteiger partial charge in [0.1, 0.15) is 0 Å². The van der Waals surface area contributed by atoms with E-state index in [9.17, 15) is 4.79 Å². The van der Waals surface area contributed by atoms with Crippen molar-refractivity contribution < 1.29 is 10.1 Å². The summed E-state index contributed by atoms with van der Waals surface area (Å²) in [5, 5.41) is 5.40. The molecule has 1 aliphatic heterocycles. The molecule has 1 heterocycles. The molecule has 24 heavy (non-hydrogen) atoms. The molecular formula is C20H32N3O+. The Hall–Kier alpha value is -1.55. The van der Waals surface area contributed by atoms with Gasteiger partial charge >= 0.3 is 0 Å². The normalized spacial score (nSPS) is 24.6. The van der Waals surface area contributed by atoms with Crippen molar-refractivity contribution in [3.05, 3.63) is 24.3 Å². The van der Waals surface area contributed by atoms with E-state index in [1.807, 2.05) is 12.1 Å². The van der Waals surface area contributed by atoms with E-state index in [0.29, 0.717) is 12.6 Å². The first kappa shape index (κ1) is 17.3. The SMILES string of the molecule is C[C@@H]1CCCC[C@H]1[NH2+]CC(=O)Nc1ccccc1N1CCCCC1. The zero-order valence-corrected chi connectivity index (χ0v) is 15.0. The van der Waals surface area contributed by atoms with Crippen LogP contribution in [-0.4, -0.2) is 31.6 Å². The Balaban J connectivity index is 1.56. The third-order valence-corrected chi connectivity index (χ3v) is 5.66. The second-order valence-corrected chi connectivity index (χ2v) is 7.48. The van der Waals surface area contributed by atoms with Gasteiger partial charge in [0.25, 0.3) is 5.91 Å². The number of hydrogen-bond acceptors (Lipinski definition) is 2. The van der Waals surface area contributed by atoms with Gasteiger partial charge < -0.3 is 15.5 Å². The van der Waals surface area contributed by atoms with Gasteiger partial charge in [0.2, 0.25) is 0 Å². The molecule has 2 atom stereocenters. The number of carbonyl (C=O) groups excluding carboxylic acids is 1. The molecule has 1 aliphatic carbocycles. The van der Waals surface area contributed by atoms with Crippen molar-refractivity contribution in [3.8, 4) is 0 Å². The van der Waals surface area contributed by atoms with Gasteiger partial charge in [-0.15, -0.1) is 0 Å². The number of piperidine rings is 1. The first-order chi connectivity index (χ1) is 11.7. The minimum absolute atomic E-state index is 0.122. The van der Waals surface area contributed by atoms with Gasteiger partial charge in [-0.3, -0.25) is 4.79 Å². The number of para-hydroxylation sites is 2.